The van der Waals surface area contributed by atoms with Gasteiger partial charge in [0.1, 0.15) is 0 Å². The minimum atomic E-state index is -0.635. The number of carbonyl (C=O) groups is 1. The van der Waals surface area contributed by atoms with Crippen LogP contribution >= 0.6 is 0 Å². The summed E-state index contributed by atoms with van der Waals surface area (Å²) >= 11 is 0. The Balaban J connectivity index is 1.54. The van der Waals surface area contributed by atoms with Crippen LogP contribution in [0.15, 0.2) is 0 Å². The number of aliphatic hydroxyl groups excluding tert-OH is 1. The summed E-state index contributed by atoms with van der Waals surface area (Å²) < 4.78 is 0. The van der Waals surface area contributed by atoms with E-state index in [0.717, 1.165) is 31.1 Å². The lowest BCUT2D eigenvalue weighted by molar-refractivity contribution is -0.187. The summed E-state index contributed by atoms with van der Waals surface area (Å²) in [5, 5.41) is 20.9. The molecule has 1 spiro atoms. The maximum Gasteiger partial charge on any atom is 0.309 e. The third-order valence-corrected chi connectivity index (χ3v) is 9.34. The molecule has 0 aliphatic heterocycles. The normalized spacial score (nSPS) is 64.7. The van der Waals surface area contributed by atoms with E-state index in [0.29, 0.717) is 17.3 Å². The zero-order valence-electron chi connectivity index (χ0n) is 13.7. The molecule has 4 bridgehead atoms. The first-order valence-electron chi connectivity index (χ1n) is 9.24. The summed E-state index contributed by atoms with van der Waals surface area (Å²) in [6, 6.07) is 0. The van der Waals surface area contributed by atoms with Gasteiger partial charge in [0.05, 0.1) is 11.5 Å². The molecule has 6 fully saturated rings. The van der Waals surface area contributed by atoms with Crippen LogP contribution in [0.2, 0.25) is 0 Å². The molecule has 0 aromatic rings. The van der Waals surface area contributed by atoms with Gasteiger partial charge in [-0.05, 0) is 80.5 Å². The van der Waals surface area contributed by atoms with E-state index >= 15 is 0 Å². The molecule has 9 atom stereocenters. The molecule has 6 saturated carbocycles. The molecule has 6 rings (SSSR count). The Morgan fingerprint density at radius 3 is 2.50 bits per heavy atom. The van der Waals surface area contributed by atoms with Crippen LogP contribution in [0.1, 0.15) is 58.8 Å². The van der Waals surface area contributed by atoms with Crippen LogP contribution in [0, 0.1) is 45.8 Å². The summed E-state index contributed by atoms with van der Waals surface area (Å²) in [6.45, 7) is 4.39. The molecular formula is C19H28O3. The molecule has 0 saturated heterocycles. The van der Waals surface area contributed by atoms with Crippen molar-refractivity contribution in [3.8, 4) is 0 Å². The molecule has 6 aliphatic carbocycles. The second kappa shape index (κ2) is 3.74. The zero-order valence-corrected chi connectivity index (χ0v) is 13.7. The standard InChI is InChI=1S/C19H28O3/c1-17(16(21)22)5-3-4-10-11(17)7-15(20)19-8-14-13(6-12(10)19)18(14,2)9-19/h10-15,20H,3-9H2,1-2H3,(H,21,22)/t10-,11+,12+,13-,14+,15+,17-,18-,19-/m1/s1. The van der Waals surface area contributed by atoms with Crippen molar-refractivity contribution in [2.75, 3.05) is 0 Å². The van der Waals surface area contributed by atoms with Crippen molar-refractivity contribution in [3.05, 3.63) is 0 Å². The number of hydrogen-bond acceptors (Lipinski definition) is 2. The van der Waals surface area contributed by atoms with E-state index in [1.54, 1.807) is 0 Å². The van der Waals surface area contributed by atoms with Crippen molar-refractivity contribution in [2.45, 2.75) is 64.9 Å². The predicted molar refractivity (Wildman–Crippen MR) is 82.1 cm³/mol. The van der Waals surface area contributed by atoms with E-state index in [1.165, 1.54) is 25.7 Å². The monoisotopic (exact) mass is 304 g/mol. The molecule has 0 aromatic heterocycles. The average molecular weight is 304 g/mol. The van der Waals surface area contributed by atoms with E-state index in [1.807, 2.05) is 6.92 Å². The predicted octanol–water partition coefficient (Wildman–Crippen LogP) is 3.31. The van der Waals surface area contributed by atoms with Gasteiger partial charge in [0, 0.05) is 5.41 Å². The maximum absolute atomic E-state index is 11.9. The Morgan fingerprint density at radius 2 is 1.86 bits per heavy atom. The molecule has 0 radical (unpaired) electrons. The molecule has 3 heteroatoms. The summed E-state index contributed by atoms with van der Waals surface area (Å²) in [5.41, 5.74) is 0.0557. The Morgan fingerprint density at radius 1 is 1.09 bits per heavy atom. The highest BCUT2D eigenvalue weighted by Crippen LogP contribution is 2.84. The van der Waals surface area contributed by atoms with E-state index in [4.69, 9.17) is 0 Å². The summed E-state index contributed by atoms with van der Waals surface area (Å²) in [7, 11) is 0. The molecule has 3 nitrogen and oxygen atoms in total. The molecule has 0 amide bonds. The fourth-order valence-electron chi connectivity index (χ4n) is 8.14. The smallest absolute Gasteiger partial charge is 0.309 e. The van der Waals surface area contributed by atoms with E-state index in [9.17, 15) is 15.0 Å². The summed E-state index contributed by atoms with van der Waals surface area (Å²) in [4.78, 5) is 11.9. The minimum absolute atomic E-state index is 0.145. The van der Waals surface area contributed by atoms with Crippen molar-refractivity contribution < 1.29 is 15.0 Å². The Bertz CT molecular complexity index is 559. The fourth-order valence-corrected chi connectivity index (χ4v) is 8.14. The average Bonchev–Trinajstić information content (AvgIpc) is 2.91. The van der Waals surface area contributed by atoms with Crippen molar-refractivity contribution in [1.29, 1.82) is 0 Å². The van der Waals surface area contributed by atoms with Gasteiger partial charge in [-0.15, -0.1) is 0 Å². The van der Waals surface area contributed by atoms with Gasteiger partial charge >= 0.3 is 5.97 Å². The first-order valence-corrected chi connectivity index (χ1v) is 9.24. The number of aliphatic hydroxyl groups is 1. The van der Waals surface area contributed by atoms with Crippen molar-refractivity contribution in [2.24, 2.45) is 45.8 Å². The molecule has 6 aliphatic rings. The van der Waals surface area contributed by atoms with Crippen molar-refractivity contribution in [3.63, 3.8) is 0 Å². The van der Waals surface area contributed by atoms with Gasteiger partial charge in [0.2, 0.25) is 0 Å². The molecule has 0 aromatic carbocycles. The third-order valence-electron chi connectivity index (χ3n) is 9.34. The first-order chi connectivity index (χ1) is 10.3. The second-order valence-corrected chi connectivity index (χ2v) is 9.81. The minimum Gasteiger partial charge on any atom is -0.481 e. The SMILES string of the molecule is C[C@]12C[C@]34C[C@H]1[C@H]2C[C@H]3[C@@H]1CCC[C@@](C)(C(=O)O)[C@H]1C[C@@H]4O. The number of carboxylic acid groups (broad SMARTS) is 1. The van der Waals surface area contributed by atoms with E-state index < -0.39 is 11.4 Å². The maximum atomic E-state index is 11.9. The highest BCUT2D eigenvalue weighted by Gasteiger charge is 2.78. The van der Waals surface area contributed by atoms with Gasteiger partial charge in [0.15, 0.2) is 0 Å². The second-order valence-electron chi connectivity index (χ2n) is 9.81. The van der Waals surface area contributed by atoms with Crippen molar-refractivity contribution in [1.82, 2.24) is 0 Å². The van der Waals surface area contributed by atoms with Crippen LogP contribution in [0.25, 0.3) is 0 Å². The summed E-state index contributed by atoms with van der Waals surface area (Å²) in [6.07, 6.45) is 7.23. The lowest BCUT2D eigenvalue weighted by Crippen LogP contribution is -2.59. The van der Waals surface area contributed by atoms with Crippen molar-refractivity contribution >= 4 is 5.97 Å². The summed E-state index contributed by atoms with van der Waals surface area (Å²) in [5.74, 6) is 2.43. The quantitative estimate of drug-likeness (QED) is 0.781. The van der Waals surface area contributed by atoms with Gasteiger partial charge in [0.25, 0.3) is 0 Å². The zero-order chi connectivity index (χ0) is 15.5. The highest BCUT2D eigenvalue weighted by molar-refractivity contribution is 5.74. The highest BCUT2D eigenvalue weighted by atomic mass is 16.4. The van der Waals surface area contributed by atoms with Crippen LogP contribution in [-0.4, -0.2) is 22.3 Å². The van der Waals surface area contributed by atoms with Crippen LogP contribution in [0.4, 0.5) is 0 Å². The lowest BCUT2D eigenvalue weighted by Gasteiger charge is -2.61. The van der Waals surface area contributed by atoms with Gasteiger partial charge in [-0.2, -0.15) is 0 Å². The topological polar surface area (TPSA) is 57.5 Å². The Labute approximate surface area is 132 Å². The van der Waals surface area contributed by atoms with E-state index in [2.05, 4.69) is 6.92 Å². The number of fused-ring (bicyclic) bond motifs is 1. The Kier molecular flexibility index (Phi) is 2.35. The Hall–Kier alpha value is -0.570. The molecular weight excluding hydrogens is 276 g/mol. The largest absolute Gasteiger partial charge is 0.481 e. The van der Waals surface area contributed by atoms with Crippen LogP contribution < -0.4 is 0 Å². The molecule has 0 heterocycles. The lowest BCUT2D eigenvalue weighted by atomic mass is 9.44. The molecule has 22 heavy (non-hydrogen) atoms. The van der Waals surface area contributed by atoms with Crippen LogP contribution in [0.5, 0.6) is 0 Å². The van der Waals surface area contributed by atoms with Crippen LogP contribution in [0.3, 0.4) is 0 Å². The first kappa shape index (κ1) is 13.8. The van der Waals surface area contributed by atoms with Gasteiger partial charge < -0.3 is 10.2 Å². The van der Waals surface area contributed by atoms with Gasteiger partial charge in [-0.25, -0.2) is 0 Å². The number of hydrogen-bond donors (Lipinski definition) is 2. The number of carboxylic acids is 1. The van der Waals surface area contributed by atoms with Gasteiger partial charge in [-0.3, -0.25) is 4.79 Å². The number of aliphatic carboxylic acids is 1. The fraction of sp³-hybridized carbons (Fsp3) is 0.947. The third kappa shape index (κ3) is 1.29. The van der Waals surface area contributed by atoms with E-state index in [-0.39, 0.29) is 17.4 Å². The van der Waals surface area contributed by atoms with Gasteiger partial charge in [-0.1, -0.05) is 13.3 Å². The molecule has 2 N–H and O–H groups in total. The number of rotatable bonds is 1. The molecule has 122 valence electrons. The molecule has 0 unspecified atom stereocenters. The van der Waals surface area contributed by atoms with Crippen LogP contribution in [-0.2, 0) is 4.79 Å².